The quantitative estimate of drug-likeness (QED) is 0.735. The monoisotopic (exact) mass is 205 g/mol. The molecule has 1 aliphatic rings. The lowest BCUT2D eigenvalue weighted by Gasteiger charge is -2.29. The molecule has 1 aromatic rings. The Kier molecular flexibility index (Phi) is 3.59. The van der Waals surface area contributed by atoms with Crippen LogP contribution in [-0.4, -0.2) is 31.1 Å². The first-order valence-corrected chi connectivity index (χ1v) is 5.60. The number of anilines is 1. The summed E-state index contributed by atoms with van der Waals surface area (Å²) in [6, 6.07) is 10.9. The lowest BCUT2D eigenvalue weighted by Crippen LogP contribution is -2.43. The van der Waals surface area contributed by atoms with E-state index in [1.165, 1.54) is 25.9 Å². The maximum Gasteiger partial charge on any atom is 0.0487 e. The first-order chi connectivity index (χ1) is 7.34. The molecule has 15 heavy (non-hydrogen) atoms. The van der Waals surface area contributed by atoms with Gasteiger partial charge in [0.1, 0.15) is 0 Å². The zero-order chi connectivity index (χ0) is 10.5. The van der Waals surface area contributed by atoms with Gasteiger partial charge < -0.3 is 10.3 Å². The molecule has 0 bridgehead atoms. The maximum absolute atomic E-state index is 3.38. The molecule has 0 aromatic heterocycles. The average molecular weight is 205 g/mol. The molecule has 1 fully saturated rings. The summed E-state index contributed by atoms with van der Waals surface area (Å²) < 4.78 is 0. The van der Waals surface area contributed by atoms with Crippen molar-refractivity contribution in [3.8, 4) is 0 Å². The molecule has 3 nitrogen and oxygen atoms in total. The van der Waals surface area contributed by atoms with Gasteiger partial charge in [0.15, 0.2) is 0 Å². The summed E-state index contributed by atoms with van der Waals surface area (Å²) >= 11 is 0. The van der Waals surface area contributed by atoms with Crippen molar-refractivity contribution in [2.45, 2.75) is 18.9 Å². The van der Waals surface area contributed by atoms with Crippen LogP contribution < -0.4 is 10.9 Å². The number of benzene rings is 1. The minimum absolute atomic E-state index is 0.599. The second-order valence-electron chi connectivity index (χ2n) is 4.21. The third-order valence-electron chi connectivity index (χ3n) is 2.91. The van der Waals surface area contributed by atoms with E-state index in [-0.39, 0.29) is 0 Å². The number of hydrogen-bond acceptors (Lipinski definition) is 3. The SMILES string of the molecule is CN1CCC(NNc2ccccc2)CC1. The third-order valence-corrected chi connectivity index (χ3v) is 2.91. The normalized spacial score (nSPS) is 19.0. The molecule has 2 N–H and O–H groups in total. The minimum Gasteiger partial charge on any atom is -0.321 e. The fraction of sp³-hybridized carbons (Fsp3) is 0.500. The Balaban J connectivity index is 1.74. The highest BCUT2D eigenvalue weighted by Crippen LogP contribution is 2.09. The first-order valence-electron chi connectivity index (χ1n) is 5.60. The van der Waals surface area contributed by atoms with Gasteiger partial charge in [-0.25, -0.2) is 5.43 Å². The van der Waals surface area contributed by atoms with Crippen LogP contribution in [0, 0.1) is 0 Å². The van der Waals surface area contributed by atoms with Crippen LogP contribution in [0.5, 0.6) is 0 Å². The number of piperidine rings is 1. The summed E-state index contributed by atoms with van der Waals surface area (Å²) in [5.74, 6) is 0. The topological polar surface area (TPSA) is 27.3 Å². The molecule has 0 amide bonds. The van der Waals surface area contributed by atoms with E-state index in [1.54, 1.807) is 0 Å². The minimum atomic E-state index is 0.599. The van der Waals surface area contributed by atoms with Gasteiger partial charge in [0, 0.05) is 11.7 Å². The number of likely N-dealkylation sites (tertiary alicyclic amines) is 1. The summed E-state index contributed by atoms with van der Waals surface area (Å²) in [7, 11) is 2.18. The van der Waals surface area contributed by atoms with Crippen molar-refractivity contribution in [3.05, 3.63) is 30.3 Å². The summed E-state index contributed by atoms with van der Waals surface area (Å²) in [5.41, 5.74) is 7.78. The van der Waals surface area contributed by atoms with E-state index < -0.39 is 0 Å². The lowest BCUT2D eigenvalue weighted by atomic mass is 10.1. The summed E-state index contributed by atoms with van der Waals surface area (Å²) in [5, 5.41) is 0. The van der Waals surface area contributed by atoms with Crippen LogP contribution in [0.15, 0.2) is 30.3 Å². The second-order valence-corrected chi connectivity index (χ2v) is 4.21. The summed E-state index contributed by atoms with van der Waals surface area (Å²) in [6.07, 6.45) is 2.44. The number of rotatable bonds is 3. The Labute approximate surface area is 91.4 Å². The van der Waals surface area contributed by atoms with Crippen molar-refractivity contribution in [2.24, 2.45) is 0 Å². The van der Waals surface area contributed by atoms with E-state index in [0.717, 1.165) is 5.69 Å². The number of nitrogens with one attached hydrogen (secondary N) is 2. The molecule has 1 heterocycles. The highest BCUT2D eigenvalue weighted by atomic mass is 15.4. The molecule has 0 spiro atoms. The molecule has 1 saturated heterocycles. The predicted octanol–water partition coefficient (Wildman–Crippen LogP) is 1.70. The van der Waals surface area contributed by atoms with Crippen molar-refractivity contribution < 1.29 is 0 Å². The van der Waals surface area contributed by atoms with Gasteiger partial charge in [-0.3, -0.25) is 0 Å². The highest BCUT2D eigenvalue weighted by molar-refractivity contribution is 5.41. The largest absolute Gasteiger partial charge is 0.321 e. The van der Waals surface area contributed by atoms with Crippen molar-refractivity contribution in [1.29, 1.82) is 0 Å². The van der Waals surface area contributed by atoms with Gasteiger partial charge >= 0.3 is 0 Å². The van der Waals surface area contributed by atoms with E-state index in [2.05, 4.69) is 34.9 Å². The van der Waals surface area contributed by atoms with Gasteiger partial charge in [-0.2, -0.15) is 0 Å². The van der Waals surface area contributed by atoms with Crippen LogP contribution in [0.3, 0.4) is 0 Å². The van der Waals surface area contributed by atoms with Crippen molar-refractivity contribution in [2.75, 3.05) is 25.6 Å². The molecule has 2 rings (SSSR count). The number of nitrogens with zero attached hydrogens (tertiary/aromatic N) is 1. The van der Waals surface area contributed by atoms with Crippen LogP contribution in [0.25, 0.3) is 0 Å². The molecule has 1 aliphatic heterocycles. The van der Waals surface area contributed by atoms with E-state index in [4.69, 9.17) is 0 Å². The Morgan fingerprint density at radius 3 is 2.47 bits per heavy atom. The second kappa shape index (κ2) is 5.14. The van der Waals surface area contributed by atoms with Crippen LogP contribution in [0.4, 0.5) is 5.69 Å². The van der Waals surface area contributed by atoms with Crippen LogP contribution in [0.2, 0.25) is 0 Å². The molecule has 0 radical (unpaired) electrons. The molecule has 0 aliphatic carbocycles. The number of para-hydroxylation sites is 1. The summed E-state index contributed by atoms with van der Waals surface area (Å²) in [4.78, 5) is 2.38. The number of hydrogen-bond donors (Lipinski definition) is 2. The van der Waals surface area contributed by atoms with Crippen LogP contribution in [-0.2, 0) is 0 Å². The predicted molar refractivity (Wildman–Crippen MR) is 63.7 cm³/mol. The van der Waals surface area contributed by atoms with Gasteiger partial charge in [-0.15, -0.1) is 0 Å². The summed E-state index contributed by atoms with van der Waals surface area (Å²) in [6.45, 7) is 2.38. The Bertz CT molecular complexity index is 278. The molecule has 0 saturated carbocycles. The van der Waals surface area contributed by atoms with Gasteiger partial charge in [0.25, 0.3) is 0 Å². The number of hydrazine groups is 1. The standard InChI is InChI=1S/C12H19N3/c1-15-9-7-12(8-10-15)14-13-11-5-3-2-4-6-11/h2-6,12-14H,7-10H2,1H3. The molecule has 0 unspecified atom stereocenters. The average Bonchev–Trinajstić information content (AvgIpc) is 2.30. The van der Waals surface area contributed by atoms with E-state index >= 15 is 0 Å². The van der Waals surface area contributed by atoms with Crippen molar-refractivity contribution in [1.82, 2.24) is 10.3 Å². The van der Waals surface area contributed by atoms with Gasteiger partial charge in [-0.1, -0.05) is 18.2 Å². The fourth-order valence-corrected chi connectivity index (χ4v) is 1.86. The van der Waals surface area contributed by atoms with Gasteiger partial charge in [0.05, 0.1) is 0 Å². The van der Waals surface area contributed by atoms with Crippen LogP contribution >= 0.6 is 0 Å². The molecule has 0 atom stereocenters. The van der Waals surface area contributed by atoms with E-state index in [1.807, 2.05) is 18.2 Å². The zero-order valence-corrected chi connectivity index (χ0v) is 9.24. The smallest absolute Gasteiger partial charge is 0.0487 e. The molecule has 3 heteroatoms. The Morgan fingerprint density at radius 2 is 1.80 bits per heavy atom. The molecular formula is C12H19N3. The first kappa shape index (κ1) is 10.5. The van der Waals surface area contributed by atoms with Gasteiger partial charge in [-0.05, 0) is 45.1 Å². The van der Waals surface area contributed by atoms with Gasteiger partial charge in [0.2, 0.25) is 0 Å². The lowest BCUT2D eigenvalue weighted by molar-refractivity contribution is 0.240. The third kappa shape index (κ3) is 3.22. The molecule has 1 aromatic carbocycles. The Morgan fingerprint density at radius 1 is 1.13 bits per heavy atom. The molecule has 82 valence electrons. The molecular weight excluding hydrogens is 186 g/mol. The fourth-order valence-electron chi connectivity index (χ4n) is 1.86. The van der Waals surface area contributed by atoms with E-state index in [9.17, 15) is 0 Å². The Hall–Kier alpha value is -1.06. The zero-order valence-electron chi connectivity index (χ0n) is 9.24. The van der Waals surface area contributed by atoms with Crippen LogP contribution in [0.1, 0.15) is 12.8 Å². The van der Waals surface area contributed by atoms with Crippen molar-refractivity contribution >= 4 is 5.69 Å². The highest BCUT2D eigenvalue weighted by Gasteiger charge is 2.15. The van der Waals surface area contributed by atoms with Crippen molar-refractivity contribution in [3.63, 3.8) is 0 Å². The van der Waals surface area contributed by atoms with E-state index in [0.29, 0.717) is 6.04 Å². The maximum atomic E-state index is 3.38.